The predicted molar refractivity (Wildman–Crippen MR) is 54.0 cm³/mol. The normalized spacial score (nSPS) is 21.8. The van der Waals surface area contributed by atoms with Gasteiger partial charge in [-0.15, -0.1) is 0 Å². The monoisotopic (exact) mass is 177 g/mol. The second kappa shape index (κ2) is 3.75. The molecule has 1 fully saturated rings. The van der Waals surface area contributed by atoms with E-state index in [0.29, 0.717) is 5.92 Å². The van der Waals surface area contributed by atoms with Crippen LogP contribution in [-0.2, 0) is 0 Å². The van der Waals surface area contributed by atoms with E-state index in [1.165, 1.54) is 12.1 Å². The molecule has 70 valence electrons. The third-order valence-corrected chi connectivity index (χ3v) is 2.55. The largest absolute Gasteiger partial charge is 0.388 e. The van der Waals surface area contributed by atoms with Crippen molar-refractivity contribution in [2.75, 3.05) is 25.5 Å². The minimum absolute atomic E-state index is 0.605. The topological polar surface area (TPSA) is 37.0 Å². The number of nitrogens with zero attached hydrogens (tertiary/aromatic N) is 1. The molecule has 1 aliphatic heterocycles. The van der Waals surface area contributed by atoms with Gasteiger partial charge in [-0.3, -0.25) is 4.98 Å². The quantitative estimate of drug-likeness (QED) is 0.712. The average Bonchev–Trinajstić information content (AvgIpc) is 2.71. The fraction of sp³-hybridized carbons (Fsp3) is 0.500. The van der Waals surface area contributed by atoms with Crippen LogP contribution in [0.2, 0.25) is 0 Å². The van der Waals surface area contributed by atoms with E-state index in [1.807, 2.05) is 19.3 Å². The number of hydrogen-bond acceptors (Lipinski definition) is 3. The second-order valence-electron chi connectivity index (χ2n) is 3.41. The average molecular weight is 177 g/mol. The van der Waals surface area contributed by atoms with Crippen molar-refractivity contribution in [2.45, 2.75) is 12.3 Å². The molecule has 13 heavy (non-hydrogen) atoms. The Hall–Kier alpha value is -1.09. The van der Waals surface area contributed by atoms with Gasteiger partial charge in [-0.25, -0.2) is 0 Å². The lowest BCUT2D eigenvalue weighted by Gasteiger charge is -2.08. The Morgan fingerprint density at radius 3 is 3.23 bits per heavy atom. The minimum Gasteiger partial charge on any atom is -0.388 e. The molecule has 0 bridgehead atoms. The van der Waals surface area contributed by atoms with Crippen molar-refractivity contribution in [1.29, 1.82) is 0 Å². The number of pyridine rings is 1. The SMILES string of the molecule is CNc1ccnc(C2CCNC2)c1. The Labute approximate surface area is 78.6 Å². The molecule has 2 rings (SSSR count). The van der Waals surface area contributed by atoms with Gasteiger partial charge in [0.05, 0.1) is 0 Å². The summed E-state index contributed by atoms with van der Waals surface area (Å²) in [5.74, 6) is 0.605. The van der Waals surface area contributed by atoms with Gasteiger partial charge in [-0.1, -0.05) is 0 Å². The molecule has 1 aromatic heterocycles. The summed E-state index contributed by atoms with van der Waals surface area (Å²) in [4.78, 5) is 4.39. The Bertz CT molecular complexity index is 279. The van der Waals surface area contributed by atoms with Gasteiger partial charge in [0.2, 0.25) is 0 Å². The molecule has 1 aliphatic rings. The highest BCUT2D eigenvalue weighted by Crippen LogP contribution is 2.21. The minimum atomic E-state index is 0.605. The zero-order valence-corrected chi connectivity index (χ0v) is 7.88. The van der Waals surface area contributed by atoms with E-state index >= 15 is 0 Å². The zero-order valence-electron chi connectivity index (χ0n) is 7.88. The van der Waals surface area contributed by atoms with Crippen LogP contribution < -0.4 is 10.6 Å². The fourth-order valence-electron chi connectivity index (χ4n) is 1.73. The summed E-state index contributed by atoms with van der Waals surface area (Å²) in [6.45, 7) is 2.19. The summed E-state index contributed by atoms with van der Waals surface area (Å²) < 4.78 is 0. The highest BCUT2D eigenvalue weighted by atomic mass is 14.9. The van der Waals surface area contributed by atoms with Crippen molar-refractivity contribution in [3.63, 3.8) is 0 Å². The smallest absolute Gasteiger partial charge is 0.0468 e. The standard InChI is InChI=1S/C10H15N3/c1-11-9-3-5-13-10(6-9)8-2-4-12-7-8/h3,5-6,8,12H,2,4,7H2,1H3,(H,11,13). The van der Waals surface area contributed by atoms with Crippen LogP contribution in [0.25, 0.3) is 0 Å². The maximum absolute atomic E-state index is 4.39. The molecule has 0 saturated carbocycles. The Balaban J connectivity index is 2.18. The van der Waals surface area contributed by atoms with Crippen molar-refractivity contribution < 1.29 is 0 Å². The van der Waals surface area contributed by atoms with Gasteiger partial charge in [0.1, 0.15) is 0 Å². The molecule has 3 heteroatoms. The summed E-state index contributed by atoms with van der Waals surface area (Å²) >= 11 is 0. The molecule has 0 spiro atoms. The first-order valence-electron chi connectivity index (χ1n) is 4.74. The predicted octanol–water partition coefficient (Wildman–Crippen LogP) is 1.20. The number of hydrogen-bond donors (Lipinski definition) is 2. The Morgan fingerprint density at radius 1 is 1.62 bits per heavy atom. The van der Waals surface area contributed by atoms with Crippen molar-refractivity contribution in [3.05, 3.63) is 24.0 Å². The first-order chi connectivity index (χ1) is 6.40. The lowest BCUT2D eigenvalue weighted by atomic mass is 10.0. The summed E-state index contributed by atoms with van der Waals surface area (Å²) in [6, 6.07) is 4.13. The molecule has 1 unspecified atom stereocenters. The van der Waals surface area contributed by atoms with Gasteiger partial charge in [0, 0.05) is 37.1 Å². The second-order valence-corrected chi connectivity index (χ2v) is 3.41. The number of nitrogens with one attached hydrogen (secondary N) is 2. The maximum Gasteiger partial charge on any atom is 0.0468 e. The number of anilines is 1. The molecular weight excluding hydrogens is 162 g/mol. The van der Waals surface area contributed by atoms with Gasteiger partial charge < -0.3 is 10.6 Å². The highest BCUT2D eigenvalue weighted by molar-refractivity contribution is 5.43. The van der Waals surface area contributed by atoms with E-state index in [-0.39, 0.29) is 0 Å². The highest BCUT2D eigenvalue weighted by Gasteiger charge is 2.17. The van der Waals surface area contributed by atoms with E-state index in [0.717, 1.165) is 18.8 Å². The van der Waals surface area contributed by atoms with E-state index in [4.69, 9.17) is 0 Å². The Kier molecular flexibility index (Phi) is 2.45. The van der Waals surface area contributed by atoms with Gasteiger partial charge in [-0.05, 0) is 25.1 Å². The van der Waals surface area contributed by atoms with Crippen molar-refractivity contribution >= 4 is 5.69 Å². The summed E-state index contributed by atoms with van der Waals surface area (Å²) in [6.07, 6.45) is 3.08. The molecule has 2 heterocycles. The van der Waals surface area contributed by atoms with Crippen LogP contribution in [0.1, 0.15) is 18.0 Å². The fourth-order valence-corrected chi connectivity index (χ4v) is 1.73. The molecule has 1 saturated heterocycles. The van der Waals surface area contributed by atoms with Crippen molar-refractivity contribution in [3.8, 4) is 0 Å². The molecule has 1 atom stereocenters. The van der Waals surface area contributed by atoms with Crippen LogP contribution >= 0.6 is 0 Å². The number of aromatic nitrogens is 1. The van der Waals surface area contributed by atoms with Crippen LogP contribution in [0.4, 0.5) is 5.69 Å². The van der Waals surface area contributed by atoms with E-state index in [1.54, 1.807) is 0 Å². The van der Waals surface area contributed by atoms with Crippen LogP contribution in [0.3, 0.4) is 0 Å². The molecule has 1 aromatic rings. The summed E-state index contributed by atoms with van der Waals surface area (Å²) in [5, 5.41) is 6.48. The molecule has 0 amide bonds. The van der Waals surface area contributed by atoms with Gasteiger partial charge in [0.25, 0.3) is 0 Å². The van der Waals surface area contributed by atoms with Gasteiger partial charge in [0.15, 0.2) is 0 Å². The molecule has 2 N–H and O–H groups in total. The van der Waals surface area contributed by atoms with E-state index in [2.05, 4.69) is 21.7 Å². The van der Waals surface area contributed by atoms with E-state index < -0.39 is 0 Å². The third kappa shape index (κ3) is 1.80. The van der Waals surface area contributed by atoms with Crippen LogP contribution in [0.5, 0.6) is 0 Å². The molecule has 0 aromatic carbocycles. The third-order valence-electron chi connectivity index (χ3n) is 2.55. The van der Waals surface area contributed by atoms with Crippen molar-refractivity contribution in [2.24, 2.45) is 0 Å². The van der Waals surface area contributed by atoms with E-state index in [9.17, 15) is 0 Å². The summed E-state index contributed by atoms with van der Waals surface area (Å²) in [5.41, 5.74) is 2.36. The number of rotatable bonds is 2. The van der Waals surface area contributed by atoms with Crippen molar-refractivity contribution in [1.82, 2.24) is 10.3 Å². The molecular formula is C10H15N3. The van der Waals surface area contributed by atoms with Crippen LogP contribution in [0.15, 0.2) is 18.3 Å². The first-order valence-corrected chi connectivity index (χ1v) is 4.74. The summed E-state index contributed by atoms with van der Waals surface area (Å²) in [7, 11) is 1.94. The first kappa shape index (κ1) is 8.51. The lowest BCUT2D eigenvalue weighted by molar-refractivity contribution is 0.735. The van der Waals surface area contributed by atoms with Crippen LogP contribution in [-0.4, -0.2) is 25.1 Å². The molecule has 0 radical (unpaired) electrons. The molecule has 3 nitrogen and oxygen atoms in total. The van der Waals surface area contributed by atoms with Gasteiger partial charge >= 0.3 is 0 Å². The zero-order chi connectivity index (χ0) is 9.10. The maximum atomic E-state index is 4.39. The Morgan fingerprint density at radius 2 is 2.54 bits per heavy atom. The molecule has 0 aliphatic carbocycles. The lowest BCUT2D eigenvalue weighted by Crippen LogP contribution is -2.09. The van der Waals surface area contributed by atoms with Crippen LogP contribution in [0, 0.1) is 0 Å². The van der Waals surface area contributed by atoms with Gasteiger partial charge in [-0.2, -0.15) is 0 Å².